The number of fused-ring (bicyclic) bond motifs is 4. The topological polar surface area (TPSA) is 39.7 Å². The maximum Gasteiger partial charge on any atom is 0.176 e. The SMILES string of the molecule is COc1cccc2cc(C3=NCc4c(Cl)cccc4-n4cccc43)oc12. The van der Waals surface area contributed by atoms with Gasteiger partial charge < -0.3 is 13.7 Å². The van der Waals surface area contributed by atoms with Crippen LogP contribution in [0.25, 0.3) is 16.7 Å². The summed E-state index contributed by atoms with van der Waals surface area (Å²) in [5.41, 5.74) is 4.57. The number of para-hydroxylation sites is 1. The summed E-state index contributed by atoms with van der Waals surface area (Å²) < 4.78 is 13.7. The number of rotatable bonds is 2. The summed E-state index contributed by atoms with van der Waals surface area (Å²) in [6.45, 7) is 0.500. The van der Waals surface area contributed by atoms with Crippen molar-refractivity contribution in [1.82, 2.24) is 4.57 Å². The highest BCUT2D eigenvalue weighted by molar-refractivity contribution is 6.31. The lowest BCUT2D eigenvalue weighted by Crippen LogP contribution is -2.07. The molecule has 128 valence electrons. The van der Waals surface area contributed by atoms with Crippen molar-refractivity contribution in [3.8, 4) is 11.4 Å². The summed E-state index contributed by atoms with van der Waals surface area (Å²) in [6.07, 6.45) is 2.02. The molecule has 2 aromatic carbocycles. The van der Waals surface area contributed by atoms with Gasteiger partial charge in [0.1, 0.15) is 5.71 Å². The van der Waals surface area contributed by atoms with Crippen LogP contribution in [0.15, 0.2) is 70.2 Å². The van der Waals surface area contributed by atoms with Crippen molar-refractivity contribution in [3.05, 3.63) is 82.8 Å². The number of hydrogen-bond acceptors (Lipinski definition) is 3. The number of benzene rings is 2. The Morgan fingerprint density at radius 3 is 2.88 bits per heavy atom. The second-order valence-corrected chi connectivity index (χ2v) is 6.56. The normalized spacial score (nSPS) is 13.1. The first-order chi connectivity index (χ1) is 12.8. The minimum absolute atomic E-state index is 0.500. The minimum atomic E-state index is 0.500. The highest BCUT2D eigenvalue weighted by atomic mass is 35.5. The summed E-state index contributed by atoms with van der Waals surface area (Å²) in [5.74, 6) is 1.43. The van der Waals surface area contributed by atoms with E-state index in [2.05, 4.69) is 10.6 Å². The van der Waals surface area contributed by atoms with Gasteiger partial charge in [0.2, 0.25) is 0 Å². The summed E-state index contributed by atoms with van der Waals surface area (Å²) in [4.78, 5) is 4.84. The molecule has 0 unspecified atom stereocenters. The van der Waals surface area contributed by atoms with Crippen LogP contribution < -0.4 is 4.74 Å². The smallest absolute Gasteiger partial charge is 0.176 e. The Labute approximate surface area is 155 Å². The second kappa shape index (κ2) is 5.78. The molecule has 0 bridgehead atoms. The third-order valence-corrected chi connectivity index (χ3v) is 5.06. The van der Waals surface area contributed by atoms with E-state index in [9.17, 15) is 0 Å². The Balaban J connectivity index is 1.73. The molecule has 0 radical (unpaired) electrons. The lowest BCUT2D eigenvalue weighted by atomic mass is 10.1. The predicted octanol–water partition coefficient (Wildman–Crippen LogP) is 5.24. The fraction of sp³-hybridized carbons (Fsp3) is 0.0952. The summed E-state index contributed by atoms with van der Waals surface area (Å²) in [5, 5.41) is 1.71. The zero-order chi connectivity index (χ0) is 17.7. The van der Waals surface area contributed by atoms with Gasteiger partial charge in [-0.2, -0.15) is 0 Å². The molecule has 5 heteroatoms. The highest BCUT2D eigenvalue weighted by Crippen LogP contribution is 2.33. The van der Waals surface area contributed by atoms with E-state index in [0.29, 0.717) is 18.1 Å². The Kier molecular flexibility index (Phi) is 3.40. The van der Waals surface area contributed by atoms with E-state index in [1.165, 1.54) is 0 Å². The Morgan fingerprint density at radius 2 is 2.00 bits per heavy atom. The number of furan rings is 1. The molecule has 0 spiro atoms. The maximum atomic E-state index is 6.42. The summed E-state index contributed by atoms with van der Waals surface area (Å²) in [6, 6.07) is 17.8. The number of methoxy groups -OCH3 is 1. The van der Waals surface area contributed by atoms with E-state index in [1.54, 1.807) is 7.11 Å². The van der Waals surface area contributed by atoms with Crippen LogP contribution in [0.3, 0.4) is 0 Å². The number of nitrogens with zero attached hydrogens (tertiary/aromatic N) is 2. The van der Waals surface area contributed by atoms with Crippen molar-refractivity contribution in [2.24, 2.45) is 4.99 Å². The number of aliphatic imine (C=N–C) groups is 1. The molecule has 0 saturated heterocycles. The van der Waals surface area contributed by atoms with Crippen LogP contribution in [0.2, 0.25) is 5.02 Å². The first-order valence-corrected chi connectivity index (χ1v) is 8.71. The van der Waals surface area contributed by atoms with E-state index >= 15 is 0 Å². The molecule has 3 heterocycles. The molecule has 0 amide bonds. The Morgan fingerprint density at radius 1 is 1.12 bits per heavy atom. The summed E-state index contributed by atoms with van der Waals surface area (Å²) in [7, 11) is 1.64. The molecule has 4 aromatic rings. The highest BCUT2D eigenvalue weighted by Gasteiger charge is 2.22. The molecule has 0 saturated carbocycles. The number of hydrogen-bond donors (Lipinski definition) is 0. The first-order valence-electron chi connectivity index (χ1n) is 8.33. The lowest BCUT2D eigenvalue weighted by molar-refractivity contribution is 0.410. The molecule has 0 fully saturated rings. The van der Waals surface area contributed by atoms with Crippen molar-refractivity contribution in [2.45, 2.75) is 6.54 Å². The van der Waals surface area contributed by atoms with Gasteiger partial charge in [-0.05, 0) is 36.4 Å². The van der Waals surface area contributed by atoms with Crippen LogP contribution in [0.4, 0.5) is 0 Å². The predicted molar refractivity (Wildman–Crippen MR) is 103 cm³/mol. The van der Waals surface area contributed by atoms with Crippen LogP contribution >= 0.6 is 11.6 Å². The molecule has 0 aliphatic carbocycles. The fourth-order valence-electron chi connectivity index (χ4n) is 3.47. The molecule has 1 aliphatic rings. The van der Waals surface area contributed by atoms with Gasteiger partial charge >= 0.3 is 0 Å². The van der Waals surface area contributed by atoms with E-state index in [4.69, 9.17) is 25.7 Å². The Bertz CT molecular complexity index is 1170. The Hall–Kier alpha value is -2.98. The van der Waals surface area contributed by atoms with Crippen LogP contribution in [-0.2, 0) is 6.54 Å². The van der Waals surface area contributed by atoms with E-state index in [-0.39, 0.29) is 0 Å². The standard InChI is InChI=1S/C21H15ClN2O2/c1-25-18-9-2-5-13-11-19(26-21(13)18)20-17-8-4-10-24(17)16-7-3-6-15(22)14(16)12-23-20/h2-11H,12H2,1H3. The van der Waals surface area contributed by atoms with Crippen LogP contribution in [0, 0.1) is 0 Å². The van der Waals surface area contributed by atoms with Gasteiger partial charge in [-0.15, -0.1) is 0 Å². The van der Waals surface area contributed by atoms with E-state index in [1.807, 2.05) is 54.7 Å². The molecule has 0 N–H and O–H groups in total. The fourth-order valence-corrected chi connectivity index (χ4v) is 3.70. The zero-order valence-corrected chi connectivity index (χ0v) is 14.8. The van der Waals surface area contributed by atoms with Crippen LogP contribution in [0.1, 0.15) is 17.0 Å². The lowest BCUT2D eigenvalue weighted by Gasteiger charge is -2.10. The van der Waals surface area contributed by atoms with Gasteiger partial charge in [0, 0.05) is 22.2 Å². The minimum Gasteiger partial charge on any atom is -0.493 e. The maximum absolute atomic E-state index is 6.42. The van der Waals surface area contributed by atoms with Crippen molar-refractivity contribution in [2.75, 3.05) is 7.11 Å². The number of aromatic nitrogens is 1. The van der Waals surface area contributed by atoms with Gasteiger partial charge in [-0.1, -0.05) is 29.8 Å². The molecule has 1 aliphatic heterocycles. The van der Waals surface area contributed by atoms with Crippen molar-refractivity contribution < 1.29 is 9.15 Å². The zero-order valence-electron chi connectivity index (χ0n) is 14.1. The van der Waals surface area contributed by atoms with Crippen LogP contribution in [0.5, 0.6) is 5.75 Å². The number of halogens is 1. The molecule has 26 heavy (non-hydrogen) atoms. The average molecular weight is 363 g/mol. The summed E-state index contributed by atoms with van der Waals surface area (Å²) >= 11 is 6.42. The largest absolute Gasteiger partial charge is 0.493 e. The van der Waals surface area contributed by atoms with Crippen LogP contribution in [-0.4, -0.2) is 17.4 Å². The van der Waals surface area contributed by atoms with Gasteiger partial charge in [0.05, 0.1) is 25.0 Å². The third-order valence-electron chi connectivity index (χ3n) is 4.70. The number of ether oxygens (including phenoxy) is 1. The average Bonchev–Trinajstić information content (AvgIpc) is 3.27. The van der Waals surface area contributed by atoms with Gasteiger partial charge in [-0.25, -0.2) is 0 Å². The first kappa shape index (κ1) is 15.3. The quantitative estimate of drug-likeness (QED) is 0.489. The monoisotopic (exact) mass is 362 g/mol. The van der Waals surface area contributed by atoms with Crippen molar-refractivity contribution in [3.63, 3.8) is 0 Å². The molecular formula is C21H15ClN2O2. The van der Waals surface area contributed by atoms with Crippen molar-refractivity contribution >= 4 is 28.3 Å². The van der Waals surface area contributed by atoms with Gasteiger partial charge in [-0.3, -0.25) is 4.99 Å². The molecule has 2 aromatic heterocycles. The molecule has 5 rings (SSSR count). The molecule has 0 atom stereocenters. The van der Waals surface area contributed by atoms with Gasteiger partial charge in [0.15, 0.2) is 17.1 Å². The third kappa shape index (κ3) is 2.19. The second-order valence-electron chi connectivity index (χ2n) is 6.16. The van der Waals surface area contributed by atoms with Gasteiger partial charge in [0.25, 0.3) is 0 Å². The molecule has 4 nitrogen and oxygen atoms in total. The van der Waals surface area contributed by atoms with E-state index in [0.717, 1.165) is 38.6 Å². The van der Waals surface area contributed by atoms with E-state index < -0.39 is 0 Å². The van der Waals surface area contributed by atoms with Crippen molar-refractivity contribution in [1.29, 1.82) is 0 Å². The molecular weight excluding hydrogens is 348 g/mol.